The van der Waals surface area contributed by atoms with Crippen molar-refractivity contribution in [1.82, 2.24) is 15.0 Å². The molecular weight excluding hydrogens is 707 g/mol. The average molecular weight is 740 g/mol. The van der Waals surface area contributed by atoms with Gasteiger partial charge in [-0.1, -0.05) is 188 Å². The van der Waals surface area contributed by atoms with E-state index in [0.717, 1.165) is 55.3 Å². The monoisotopic (exact) mass is 739 g/mol. The van der Waals surface area contributed by atoms with Crippen molar-refractivity contribution < 1.29 is 4.42 Å². The van der Waals surface area contributed by atoms with Gasteiger partial charge in [0.15, 0.2) is 17.5 Å². The van der Waals surface area contributed by atoms with Crippen LogP contribution >= 0.6 is 0 Å². The Morgan fingerprint density at radius 3 is 1.69 bits per heavy atom. The van der Waals surface area contributed by atoms with Crippen LogP contribution in [-0.4, -0.2) is 15.0 Å². The largest absolute Gasteiger partial charge is 0.455 e. The van der Waals surface area contributed by atoms with Crippen LogP contribution in [0.3, 0.4) is 0 Å². The van der Waals surface area contributed by atoms with E-state index in [1.54, 1.807) is 0 Å². The summed E-state index contributed by atoms with van der Waals surface area (Å²) in [6, 6.07) is 66.4. The van der Waals surface area contributed by atoms with E-state index in [0.29, 0.717) is 17.5 Å². The highest BCUT2D eigenvalue weighted by atomic mass is 16.3. The fourth-order valence-corrected chi connectivity index (χ4v) is 9.39. The maximum Gasteiger partial charge on any atom is 0.164 e. The van der Waals surface area contributed by atoms with Gasteiger partial charge in [-0.05, 0) is 62.2 Å². The summed E-state index contributed by atoms with van der Waals surface area (Å²) < 4.78 is 6.79. The highest BCUT2D eigenvalue weighted by Gasteiger charge is 2.49. The molecule has 270 valence electrons. The second kappa shape index (κ2) is 12.7. The summed E-state index contributed by atoms with van der Waals surface area (Å²) >= 11 is 0. The van der Waals surface area contributed by atoms with Crippen molar-refractivity contribution in [1.29, 1.82) is 0 Å². The highest BCUT2D eigenvalue weighted by molar-refractivity contribution is 6.12. The van der Waals surface area contributed by atoms with Crippen LogP contribution in [0.4, 0.5) is 0 Å². The van der Waals surface area contributed by atoms with Gasteiger partial charge < -0.3 is 4.42 Å². The van der Waals surface area contributed by atoms with Crippen LogP contribution in [0.1, 0.15) is 33.4 Å². The van der Waals surface area contributed by atoms with E-state index < -0.39 is 5.41 Å². The van der Waals surface area contributed by atoms with Gasteiger partial charge >= 0.3 is 0 Å². The number of benzene rings is 8. The second-order valence-corrected chi connectivity index (χ2v) is 15.1. The Hall–Kier alpha value is -7.69. The molecule has 0 saturated heterocycles. The Kier molecular flexibility index (Phi) is 7.11. The Balaban J connectivity index is 1.11. The zero-order valence-electron chi connectivity index (χ0n) is 31.3. The van der Waals surface area contributed by atoms with Crippen LogP contribution in [-0.2, 0) is 5.41 Å². The molecule has 2 heterocycles. The van der Waals surface area contributed by atoms with Gasteiger partial charge in [-0.3, -0.25) is 0 Å². The van der Waals surface area contributed by atoms with Crippen LogP contribution in [0.5, 0.6) is 0 Å². The van der Waals surface area contributed by atoms with Gasteiger partial charge in [-0.15, -0.1) is 0 Å². The predicted molar refractivity (Wildman–Crippen MR) is 235 cm³/mol. The predicted octanol–water partition coefficient (Wildman–Crippen LogP) is 13.3. The third-order valence-electron chi connectivity index (χ3n) is 12.0. The smallest absolute Gasteiger partial charge is 0.164 e. The number of furan rings is 1. The van der Waals surface area contributed by atoms with Crippen LogP contribution in [0.2, 0.25) is 0 Å². The lowest BCUT2D eigenvalue weighted by molar-refractivity contribution is 0.669. The molecule has 4 heteroatoms. The molecule has 0 N–H and O–H groups in total. The summed E-state index contributed by atoms with van der Waals surface area (Å²) in [5.41, 5.74) is 15.7. The van der Waals surface area contributed by atoms with E-state index in [-0.39, 0.29) is 0 Å². The number of para-hydroxylation sites is 1. The molecule has 8 aromatic carbocycles. The van der Waals surface area contributed by atoms with Crippen LogP contribution in [0.25, 0.3) is 90.5 Å². The van der Waals surface area contributed by atoms with E-state index in [9.17, 15) is 0 Å². The van der Waals surface area contributed by atoms with E-state index in [4.69, 9.17) is 19.4 Å². The van der Waals surface area contributed by atoms with Crippen molar-refractivity contribution in [2.45, 2.75) is 5.41 Å². The van der Waals surface area contributed by atoms with Gasteiger partial charge in [0.2, 0.25) is 0 Å². The van der Waals surface area contributed by atoms with Crippen molar-refractivity contribution in [3.8, 4) is 56.4 Å². The molecule has 1 atom stereocenters. The molecule has 0 radical (unpaired) electrons. The molecule has 10 aromatic rings. The molecule has 2 aliphatic rings. The van der Waals surface area contributed by atoms with Crippen molar-refractivity contribution >= 4 is 34.1 Å². The fraction of sp³-hybridized carbons (Fsp3) is 0.0185. The number of hydrogen-bond donors (Lipinski definition) is 0. The summed E-state index contributed by atoms with van der Waals surface area (Å²) in [6.45, 7) is 0. The summed E-state index contributed by atoms with van der Waals surface area (Å²) in [7, 11) is 0. The molecule has 0 aliphatic heterocycles. The number of hydrogen-bond acceptors (Lipinski definition) is 4. The molecule has 2 aliphatic carbocycles. The number of aromatic nitrogens is 3. The normalized spacial score (nSPS) is 14.9. The quantitative estimate of drug-likeness (QED) is 0.180. The lowest BCUT2D eigenvalue weighted by atomic mass is 9.65. The first-order chi connectivity index (χ1) is 28.7. The SMILES string of the molecule is C1=Cc2ccc(-c3nc(-c4ccccc4)nc(-c4ccc(-c5ccccc5)cc4)n3)cc2C2(c3ccccc31)c1ccccc1-c1c2ccc2c1oc1ccccc12. The van der Waals surface area contributed by atoms with E-state index in [2.05, 4.69) is 170 Å². The number of fused-ring (bicyclic) bond motifs is 13. The van der Waals surface area contributed by atoms with Gasteiger partial charge in [0.1, 0.15) is 11.2 Å². The van der Waals surface area contributed by atoms with E-state index in [1.807, 2.05) is 30.3 Å². The lowest BCUT2D eigenvalue weighted by Gasteiger charge is -2.35. The molecule has 0 bridgehead atoms. The van der Waals surface area contributed by atoms with E-state index >= 15 is 0 Å². The van der Waals surface area contributed by atoms with Crippen LogP contribution in [0.15, 0.2) is 192 Å². The first-order valence-electron chi connectivity index (χ1n) is 19.7. The Bertz CT molecular complexity index is 3270. The first-order valence-corrected chi connectivity index (χ1v) is 19.7. The molecule has 58 heavy (non-hydrogen) atoms. The summed E-state index contributed by atoms with van der Waals surface area (Å²) in [5, 5.41) is 2.25. The second-order valence-electron chi connectivity index (χ2n) is 15.1. The van der Waals surface area contributed by atoms with Crippen molar-refractivity contribution in [2.75, 3.05) is 0 Å². The van der Waals surface area contributed by atoms with Gasteiger partial charge in [0.05, 0.1) is 5.41 Å². The van der Waals surface area contributed by atoms with Crippen molar-refractivity contribution in [3.63, 3.8) is 0 Å². The molecule has 1 unspecified atom stereocenters. The molecule has 0 amide bonds. The standard InChI is InChI=1S/C54H33N3O/c1-3-13-34(14-4-1)35-23-28-39(29-24-35)52-55-51(38-16-5-2-6-17-38)56-53(57-52)40-30-27-37-26-25-36-15-7-10-20-44(36)54(47(37)33-40)45-21-11-8-19-43(45)49-46(54)32-31-42-41-18-9-12-22-48(41)58-50(42)49/h1-33H. The number of nitrogens with zero attached hydrogens (tertiary/aromatic N) is 3. The minimum absolute atomic E-state index is 0.620. The zero-order chi connectivity index (χ0) is 38.2. The molecular formula is C54H33N3O. The minimum atomic E-state index is -0.657. The Labute approximate surface area is 335 Å². The maximum atomic E-state index is 6.79. The van der Waals surface area contributed by atoms with Gasteiger partial charge in [-0.2, -0.15) is 0 Å². The molecule has 4 nitrogen and oxygen atoms in total. The highest BCUT2D eigenvalue weighted by Crippen LogP contribution is 2.60. The summed E-state index contributed by atoms with van der Waals surface area (Å²) in [6.07, 6.45) is 4.52. The maximum absolute atomic E-state index is 6.79. The van der Waals surface area contributed by atoms with Gasteiger partial charge in [-0.25, -0.2) is 15.0 Å². The van der Waals surface area contributed by atoms with Crippen LogP contribution in [0, 0.1) is 0 Å². The van der Waals surface area contributed by atoms with Gasteiger partial charge in [0, 0.05) is 33.0 Å². The molecule has 1 spiro atoms. The van der Waals surface area contributed by atoms with E-state index in [1.165, 1.54) is 38.9 Å². The molecule has 0 saturated carbocycles. The topological polar surface area (TPSA) is 51.8 Å². The molecule has 0 fully saturated rings. The summed E-state index contributed by atoms with van der Waals surface area (Å²) in [4.78, 5) is 15.5. The molecule has 12 rings (SSSR count). The Morgan fingerprint density at radius 1 is 0.362 bits per heavy atom. The Morgan fingerprint density at radius 2 is 0.914 bits per heavy atom. The third kappa shape index (κ3) is 4.79. The van der Waals surface area contributed by atoms with Gasteiger partial charge in [0.25, 0.3) is 0 Å². The zero-order valence-corrected chi connectivity index (χ0v) is 31.3. The fourth-order valence-electron chi connectivity index (χ4n) is 9.39. The first kappa shape index (κ1) is 32.5. The van der Waals surface area contributed by atoms with Crippen molar-refractivity contribution in [2.24, 2.45) is 0 Å². The minimum Gasteiger partial charge on any atom is -0.455 e. The van der Waals surface area contributed by atoms with Crippen molar-refractivity contribution in [3.05, 3.63) is 221 Å². The van der Waals surface area contributed by atoms with Crippen LogP contribution < -0.4 is 0 Å². The average Bonchev–Trinajstić information content (AvgIpc) is 3.78. The summed E-state index contributed by atoms with van der Waals surface area (Å²) in [5.74, 6) is 1.88. The third-order valence-corrected chi connectivity index (χ3v) is 12.0. The lowest BCUT2D eigenvalue weighted by Crippen LogP contribution is -2.30. The number of rotatable bonds is 4. The molecule has 2 aromatic heterocycles.